The fraction of sp³-hybridized carbons (Fsp3) is 0.636. The molecular weight excluding hydrogens is 366 g/mol. The first-order valence-corrected chi connectivity index (χ1v) is 10.9. The lowest BCUT2D eigenvalue weighted by Crippen LogP contribution is -2.38. The van der Waals surface area contributed by atoms with E-state index >= 15 is 0 Å². The number of nitrogens with zero attached hydrogens (tertiary/aromatic N) is 2. The summed E-state index contributed by atoms with van der Waals surface area (Å²) in [5.74, 6) is 1.06. The summed E-state index contributed by atoms with van der Waals surface area (Å²) in [4.78, 5) is 18.1. The van der Waals surface area contributed by atoms with Crippen molar-refractivity contribution in [3.8, 4) is 5.75 Å². The molecule has 1 amide bonds. The molecule has 2 rings (SSSR count). The molecule has 1 heterocycles. The fourth-order valence-corrected chi connectivity index (χ4v) is 3.42. The minimum Gasteiger partial charge on any atom is -0.484 e. The number of nitrogens with two attached hydrogens (primary N) is 1. The van der Waals surface area contributed by atoms with Gasteiger partial charge in [-0.05, 0) is 69.9 Å². The number of guanidine groups is 1. The minimum absolute atomic E-state index is 0.0961. The van der Waals surface area contributed by atoms with Crippen molar-refractivity contribution >= 4 is 11.9 Å². The van der Waals surface area contributed by atoms with Gasteiger partial charge in [-0.3, -0.25) is 9.79 Å². The number of likely N-dealkylation sites (tertiary alicyclic amines) is 1. The molecular formula is C22H37N5O2. The molecule has 0 aliphatic carbocycles. The summed E-state index contributed by atoms with van der Waals surface area (Å²) in [5, 5.41) is 6.72. The van der Waals surface area contributed by atoms with Gasteiger partial charge in [-0.25, -0.2) is 0 Å². The number of rotatable bonds is 11. The maximum Gasteiger partial charge on any atom is 0.255 e. The van der Waals surface area contributed by atoms with E-state index in [1.165, 1.54) is 44.3 Å². The monoisotopic (exact) mass is 403 g/mol. The molecule has 0 saturated carbocycles. The molecule has 4 N–H and O–H groups in total. The Labute approximate surface area is 175 Å². The zero-order chi connectivity index (χ0) is 20.7. The second-order valence-corrected chi connectivity index (χ2v) is 7.45. The second-order valence-electron chi connectivity index (χ2n) is 7.45. The molecule has 0 spiro atoms. The number of nitrogens with one attached hydrogen (secondary N) is 2. The van der Waals surface area contributed by atoms with E-state index in [0.29, 0.717) is 5.75 Å². The highest BCUT2D eigenvalue weighted by Gasteiger charge is 2.08. The van der Waals surface area contributed by atoms with E-state index in [2.05, 4.69) is 22.5 Å². The van der Waals surface area contributed by atoms with Gasteiger partial charge in [0.1, 0.15) is 5.75 Å². The lowest BCUT2D eigenvalue weighted by Gasteiger charge is -2.19. The number of carbonyl (C=O) groups is 1. The summed E-state index contributed by atoms with van der Waals surface area (Å²) >= 11 is 0. The largest absolute Gasteiger partial charge is 0.484 e. The van der Waals surface area contributed by atoms with Gasteiger partial charge in [0.05, 0.1) is 0 Å². The molecule has 162 valence electrons. The van der Waals surface area contributed by atoms with Crippen molar-refractivity contribution in [2.24, 2.45) is 10.7 Å². The van der Waals surface area contributed by atoms with Crippen LogP contribution in [0.4, 0.5) is 0 Å². The molecule has 1 fully saturated rings. The Balaban J connectivity index is 1.68. The van der Waals surface area contributed by atoms with Crippen molar-refractivity contribution in [3.05, 3.63) is 29.8 Å². The number of aliphatic imine (C=N–C) groups is 1. The Morgan fingerprint density at radius 2 is 1.86 bits per heavy atom. The highest BCUT2D eigenvalue weighted by Crippen LogP contribution is 2.12. The predicted molar refractivity (Wildman–Crippen MR) is 118 cm³/mol. The highest BCUT2D eigenvalue weighted by atomic mass is 16.5. The summed E-state index contributed by atoms with van der Waals surface area (Å²) in [6, 6.07) is 7.73. The van der Waals surface area contributed by atoms with Gasteiger partial charge in [0.15, 0.2) is 12.6 Å². The summed E-state index contributed by atoms with van der Waals surface area (Å²) in [5.41, 5.74) is 6.28. The standard InChI is InChI=1S/C22H37N5O2/c1-2-24-22(25-13-7-17-27-15-5-3-4-6-16-27)26-14-12-19-8-10-20(11-9-19)29-18-21(23)28/h8-11H,2-7,12-18H2,1H3,(H2,23,28)(H2,24,25,26). The lowest BCUT2D eigenvalue weighted by molar-refractivity contribution is -0.119. The maximum absolute atomic E-state index is 10.8. The molecule has 7 nitrogen and oxygen atoms in total. The van der Waals surface area contributed by atoms with Crippen molar-refractivity contribution in [2.45, 2.75) is 45.4 Å². The molecule has 7 heteroatoms. The molecule has 0 radical (unpaired) electrons. The van der Waals surface area contributed by atoms with Crippen molar-refractivity contribution in [2.75, 3.05) is 45.9 Å². The van der Waals surface area contributed by atoms with Crippen LogP contribution in [0.2, 0.25) is 0 Å². The number of ether oxygens (including phenoxy) is 1. The minimum atomic E-state index is -0.472. The van der Waals surface area contributed by atoms with Crippen LogP contribution in [-0.2, 0) is 11.2 Å². The Morgan fingerprint density at radius 1 is 1.14 bits per heavy atom. The van der Waals surface area contributed by atoms with Crippen LogP contribution in [0.5, 0.6) is 5.75 Å². The van der Waals surface area contributed by atoms with Crippen LogP contribution in [0, 0.1) is 0 Å². The Hall–Kier alpha value is -2.28. The van der Waals surface area contributed by atoms with Gasteiger partial charge in [0, 0.05) is 19.6 Å². The van der Waals surface area contributed by atoms with Crippen LogP contribution in [0.1, 0.15) is 44.6 Å². The third-order valence-corrected chi connectivity index (χ3v) is 4.96. The van der Waals surface area contributed by atoms with Gasteiger partial charge >= 0.3 is 0 Å². The lowest BCUT2D eigenvalue weighted by atomic mass is 10.1. The number of primary amides is 1. The second kappa shape index (κ2) is 13.8. The fourth-order valence-electron chi connectivity index (χ4n) is 3.42. The number of amides is 1. The molecule has 29 heavy (non-hydrogen) atoms. The zero-order valence-electron chi connectivity index (χ0n) is 17.8. The molecule has 1 aliphatic heterocycles. The maximum atomic E-state index is 10.8. The summed E-state index contributed by atoms with van der Waals surface area (Å²) in [6.45, 7) is 8.12. The third kappa shape index (κ3) is 10.2. The average Bonchev–Trinajstić information content (AvgIpc) is 2.99. The Bertz CT molecular complexity index is 610. The average molecular weight is 404 g/mol. The van der Waals surface area contributed by atoms with Gasteiger partial charge in [-0.15, -0.1) is 0 Å². The quantitative estimate of drug-likeness (QED) is 0.298. The molecule has 0 atom stereocenters. The molecule has 1 saturated heterocycles. The highest BCUT2D eigenvalue weighted by molar-refractivity contribution is 5.79. The zero-order valence-corrected chi connectivity index (χ0v) is 17.8. The summed E-state index contributed by atoms with van der Waals surface area (Å²) < 4.78 is 5.28. The smallest absolute Gasteiger partial charge is 0.255 e. The van der Waals surface area contributed by atoms with E-state index in [1.54, 1.807) is 0 Å². The Kier molecular flexibility index (Phi) is 11.0. The number of hydrogen-bond donors (Lipinski definition) is 3. The molecule has 1 aromatic rings. The Morgan fingerprint density at radius 3 is 2.52 bits per heavy atom. The van der Waals surface area contributed by atoms with Crippen LogP contribution in [-0.4, -0.2) is 62.6 Å². The SMILES string of the molecule is CCNC(=NCCCN1CCCCCC1)NCCc1ccc(OCC(N)=O)cc1. The van der Waals surface area contributed by atoms with Crippen molar-refractivity contribution in [1.82, 2.24) is 15.5 Å². The van der Waals surface area contributed by atoms with E-state index in [0.717, 1.165) is 45.0 Å². The van der Waals surface area contributed by atoms with Crippen molar-refractivity contribution < 1.29 is 9.53 Å². The first kappa shape index (κ1) is 23.0. The number of carbonyl (C=O) groups excluding carboxylic acids is 1. The third-order valence-electron chi connectivity index (χ3n) is 4.96. The normalized spacial score (nSPS) is 15.6. The molecule has 0 aromatic heterocycles. The van der Waals surface area contributed by atoms with Gasteiger partial charge in [-0.2, -0.15) is 0 Å². The molecule has 0 unspecified atom stereocenters. The van der Waals surface area contributed by atoms with Gasteiger partial charge < -0.3 is 26.0 Å². The summed E-state index contributed by atoms with van der Waals surface area (Å²) in [7, 11) is 0. The van der Waals surface area contributed by atoms with Crippen molar-refractivity contribution in [1.29, 1.82) is 0 Å². The van der Waals surface area contributed by atoms with E-state index < -0.39 is 5.91 Å². The van der Waals surface area contributed by atoms with E-state index in [9.17, 15) is 4.79 Å². The van der Waals surface area contributed by atoms with Crippen molar-refractivity contribution in [3.63, 3.8) is 0 Å². The molecule has 0 bridgehead atoms. The predicted octanol–water partition coefficient (Wildman–Crippen LogP) is 1.91. The molecule has 1 aromatic carbocycles. The summed E-state index contributed by atoms with van der Waals surface area (Å²) in [6.07, 6.45) is 7.42. The molecule has 1 aliphatic rings. The van der Waals surface area contributed by atoms with Gasteiger partial charge in [0.25, 0.3) is 5.91 Å². The van der Waals surface area contributed by atoms with Gasteiger partial charge in [0.2, 0.25) is 0 Å². The first-order valence-electron chi connectivity index (χ1n) is 10.9. The van der Waals surface area contributed by atoms with Crippen LogP contribution < -0.4 is 21.1 Å². The van der Waals surface area contributed by atoms with E-state index in [1.807, 2.05) is 24.3 Å². The van der Waals surface area contributed by atoms with Crippen LogP contribution in [0.3, 0.4) is 0 Å². The number of hydrogen-bond acceptors (Lipinski definition) is 4. The van der Waals surface area contributed by atoms with Crippen LogP contribution in [0.25, 0.3) is 0 Å². The topological polar surface area (TPSA) is 92.0 Å². The number of benzene rings is 1. The van der Waals surface area contributed by atoms with E-state index in [4.69, 9.17) is 15.5 Å². The van der Waals surface area contributed by atoms with E-state index in [-0.39, 0.29) is 6.61 Å². The van der Waals surface area contributed by atoms with Crippen LogP contribution >= 0.6 is 0 Å². The van der Waals surface area contributed by atoms with Crippen LogP contribution in [0.15, 0.2) is 29.3 Å². The van der Waals surface area contributed by atoms with Gasteiger partial charge in [-0.1, -0.05) is 25.0 Å². The first-order chi connectivity index (χ1) is 14.2.